The number of halogens is 1. The van der Waals surface area contributed by atoms with E-state index in [0.717, 1.165) is 15.4 Å². The van der Waals surface area contributed by atoms with E-state index in [4.69, 9.17) is 25.8 Å². The fourth-order valence-corrected chi connectivity index (χ4v) is 5.15. The van der Waals surface area contributed by atoms with Crippen LogP contribution in [-0.4, -0.2) is 42.2 Å². The van der Waals surface area contributed by atoms with Gasteiger partial charge in [0.05, 0.1) is 31.9 Å². The molecule has 3 rings (SSSR count). The SMILES string of the molecule is COc1ccc(CNC(=O)CN(c2ccc(C)c(C)c2)S(=O)(=O)c2ccc(Cl)cc2)c(OC)c1OC. The van der Waals surface area contributed by atoms with Gasteiger partial charge in [0.15, 0.2) is 11.5 Å². The molecule has 10 heteroatoms. The molecule has 0 atom stereocenters. The van der Waals surface area contributed by atoms with Gasteiger partial charge in [-0.2, -0.15) is 0 Å². The zero-order valence-electron chi connectivity index (χ0n) is 20.8. The van der Waals surface area contributed by atoms with Crippen molar-refractivity contribution in [2.24, 2.45) is 0 Å². The van der Waals surface area contributed by atoms with Crippen molar-refractivity contribution in [3.8, 4) is 17.2 Å². The zero-order valence-corrected chi connectivity index (χ0v) is 22.4. The molecule has 0 radical (unpaired) electrons. The van der Waals surface area contributed by atoms with Crippen LogP contribution in [0.5, 0.6) is 17.2 Å². The lowest BCUT2D eigenvalue weighted by Crippen LogP contribution is -2.40. The number of methoxy groups -OCH3 is 3. The number of rotatable bonds is 10. The van der Waals surface area contributed by atoms with Crippen LogP contribution in [0, 0.1) is 13.8 Å². The van der Waals surface area contributed by atoms with Crippen molar-refractivity contribution in [2.45, 2.75) is 25.3 Å². The van der Waals surface area contributed by atoms with Gasteiger partial charge in [-0.25, -0.2) is 8.42 Å². The van der Waals surface area contributed by atoms with Gasteiger partial charge in [-0.3, -0.25) is 9.10 Å². The molecule has 0 heterocycles. The molecule has 1 N–H and O–H groups in total. The summed E-state index contributed by atoms with van der Waals surface area (Å²) in [4.78, 5) is 13.1. The minimum absolute atomic E-state index is 0.0273. The Labute approximate surface area is 216 Å². The van der Waals surface area contributed by atoms with Gasteiger partial charge in [0.1, 0.15) is 6.54 Å². The molecule has 0 saturated heterocycles. The number of amides is 1. The van der Waals surface area contributed by atoms with Gasteiger partial charge in [0.2, 0.25) is 11.7 Å². The van der Waals surface area contributed by atoms with Crippen LogP contribution < -0.4 is 23.8 Å². The number of carbonyl (C=O) groups excluding carboxylic acids is 1. The Kier molecular flexibility index (Phi) is 8.70. The predicted octanol–water partition coefficient (Wildman–Crippen LogP) is 4.49. The highest BCUT2D eigenvalue weighted by molar-refractivity contribution is 7.92. The first-order valence-corrected chi connectivity index (χ1v) is 12.8. The van der Waals surface area contributed by atoms with Crippen molar-refractivity contribution < 1.29 is 27.4 Å². The van der Waals surface area contributed by atoms with E-state index in [1.54, 1.807) is 24.3 Å². The lowest BCUT2D eigenvalue weighted by molar-refractivity contribution is -0.119. The number of anilines is 1. The third-order valence-electron chi connectivity index (χ3n) is 5.73. The molecule has 0 bridgehead atoms. The third kappa shape index (κ3) is 5.85. The maximum absolute atomic E-state index is 13.6. The van der Waals surface area contributed by atoms with E-state index in [1.807, 2.05) is 19.9 Å². The van der Waals surface area contributed by atoms with Crippen LogP contribution in [0.25, 0.3) is 0 Å². The second-order valence-electron chi connectivity index (χ2n) is 8.00. The van der Waals surface area contributed by atoms with Crippen LogP contribution in [0.4, 0.5) is 5.69 Å². The first-order valence-electron chi connectivity index (χ1n) is 11.0. The Morgan fingerprint density at radius 1 is 0.889 bits per heavy atom. The first kappa shape index (κ1) is 27.2. The molecular formula is C26H29ClN2O6S. The molecule has 0 saturated carbocycles. The standard InChI is InChI=1S/C26H29ClN2O6S/c1-17-6-10-21(14-18(17)2)29(36(31,32)22-11-8-20(27)9-12-22)16-24(30)28-15-19-7-13-23(33-3)26(35-5)25(19)34-4/h6-14H,15-16H2,1-5H3,(H,28,30). The van der Waals surface area contributed by atoms with Crippen LogP contribution >= 0.6 is 11.6 Å². The highest BCUT2D eigenvalue weighted by Crippen LogP contribution is 2.39. The summed E-state index contributed by atoms with van der Waals surface area (Å²) in [6.45, 7) is 3.48. The summed E-state index contributed by atoms with van der Waals surface area (Å²) >= 11 is 5.95. The normalized spacial score (nSPS) is 11.1. The summed E-state index contributed by atoms with van der Waals surface area (Å²) in [5, 5.41) is 3.19. The van der Waals surface area contributed by atoms with E-state index in [1.165, 1.54) is 45.6 Å². The van der Waals surface area contributed by atoms with Crippen molar-refractivity contribution in [1.82, 2.24) is 5.32 Å². The second kappa shape index (κ2) is 11.5. The van der Waals surface area contributed by atoms with Gasteiger partial charge in [-0.05, 0) is 73.5 Å². The molecule has 0 aliphatic carbocycles. The molecule has 0 aliphatic rings. The highest BCUT2D eigenvalue weighted by atomic mass is 35.5. The van der Waals surface area contributed by atoms with E-state index >= 15 is 0 Å². The van der Waals surface area contributed by atoms with Gasteiger partial charge >= 0.3 is 0 Å². The van der Waals surface area contributed by atoms with Gasteiger partial charge in [0.25, 0.3) is 10.0 Å². The molecule has 0 fully saturated rings. The van der Waals surface area contributed by atoms with Crippen LogP contribution in [0.2, 0.25) is 5.02 Å². The summed E-state index contributed by atoms with van der Waals surface area (Å²) in [5.41, 5.74) is 2.93. The van der Waals surface area contributed by atoms with E-state index in [-0.39, 0.29) is 11.4 Å². The molecule has 0 aliphatic heterocycles. The monoisotopic (exact) mass is 532 g/mol. The molecule has 192 valence electrons. The molecule has 0 aromatic heterocycles. The summed E-state index contributed by atoms with van der Waals surface area (Å²) < 4.78 is 44.3. The molecule has 36 heavy (non-hydrogen) atoms. The molecule has 1 amide bonds. The fraction of sp³-hybridized carbons (Fsp3) is 0.269. The summed E-state index contributed by atoms with van der Waals surface area (Å²) in [5.74, 6) is 0.799. The van der Waals surface area contributed by atoms with Crippen LogP contribution in [0.15, 0.2) is 59.5 Å². The zero-order chi connectivity index (χ0) is 26.5. The van der Waals surface area contributed by atoms with Crippen molar-refractivity contribution >= 4 is 33.2 Å². The van der Waals surface area contributed by atoms with E-state index < -0.39 is 22.5 Å². The Hall–Kier alpha value is -3.43. The number of carbonyl (C=O) groups is 1. The Bertz CT molecular complexity index is 1340. The number of benzene rings is 3. The minimum atomic E-state index is -4.06. The number of sulfonamides is 1. The molecule has 8 nitrogen and oxygen atoms in total. The maximum Gasteiger partial charge on any atom is 0.264 e. The predicted molar refractivity (Wildman–Crippen MR) is 140 cm³/mol. The van der Waals surface area contributed by atoms with Crippen molar-refractivity contribution in [3.05, 3.63) is 76.3 Å². The average molecular weight is 533 g/mol. The largest absolute Gasteiger partial charge is 0.493 e. The lowest BCUT2D eigenvalue weighted by atomic mass is 10.1. The van der Waals surface area contributed by atoms with E-state index in [9.17, 15) is 13.2 Å². The summed E-state index contributed by atoms with van der Waals surface area (Å²) in [6.07, 6.45) is 0. The fourth-order valence-electron chi connectivity index (χ4n) is 3.61. The Morgan fingerprint density at radius 3 is 2.14 bits per heavy atom. The number of ether oxygens (including phenoxy) is 3. The summed E-state index contributed by atoms with van der Waals surface area (Å²) in [6, 6.07) is 14.5. The number of nitrogens with one attached hydrogen (secondary N) is 1. The van der Waals surface area contributed by atoms with Crippen LogP contribution in [0.3, 0.4) is 0 Å². The minimum Gasteiger partial charge on any atom is -0.493 e. The Morgan fingerprint density at radius 2 is 1.56 bits per heavy atom. The van der Waals surface area contributed by atoms with Crippen molar-refractivity contribution in [2.75, 3.05) is 32.2 Å². The van der Waals surface area contributed by atoms with Crippen LogP contribution in [-0.2, 0) is 21.4 Å². The van der Waals surface area contributed by atoms with E-state index in [2.05, 4.69) is 5.32 Å². The Balaban J connectivity index is 1.90. The van der Waals surface area contributed by atoms with Gasteiger partial charge in [-0.15, -0.1) is 0 Å². The second-order valence-corrected chi connectivity index (χ2v) is 10.3. The molecule has 0 spiro atoms. The molecular weight excluding hydrogens is 504 g/mol. The molecule has 3 aromatic carbocycles. The van der Waals surface area contributed by atoms with Crippen LogP contribution in [0.1, 0.15) is 16.7 Å². The molecule has 0 unspecified atom stereocenters. The quantitative estimate of drug-likeness (QED) is 0.413. The number of hydrogen-bond donors (Lipinski definition) is 1. The summed E-state index contributed by atoms with van der Waals surface area (Å²) in [7, 11) is 0.437. The highest BCUT2D eigenvalue weighted by Gasteiger charge is 2.28. The average Bonchev–Trinajstić information content (AvgIpc) is 2.87. The van der Waals surface area contributed by atoms with Gasteiger partial charge in [-0.1, -0.05) is 17.7 Å². The number of aryl methyl sites for hydroxylation is 2. The number of hydrogen-bond acceptors (Lipinski definition) is 6. The smallest absolute Gasteiger partial charge is 0.264 e. The first-order chi connectivity index (χ1) is 17.1. The van der Waals surface area contributed by atoms with Gasteiger partial charge in [0, 0.05) is 17.1 Å². The number of nitrogens with zero attached hydrogens (tertiary/aromatic N) is 1. The lowest BCUT2D eigenvalue weighted by Gasteiger charge is -2.25. The van der Waals surface area contributed by atoms with E-state index in [0.29, 0.717) is 33.5 Å². The van der Waals surface area contributed by atoms with Gasteiger partial charge < -0.3 is 19.5 Å². The van der Waals surface area contributed by atoms with Crippen molar-refractivity contribution in [3.63, 3.8) is 0 Å². The topological polar surface area (TPSA) is 94.2 Å². The maximum atomic E-state index is 13.6. The third-order valence-corrected chi connectivity index (χ3v) is 7.77. The molecule has 3 aromatic rings. The van der Waals surface area contributed by atoms with Crippen molar-refractivity contribution in [1.29, 1.82) is 0 Å².